The van der Waals surface area contributed by atoms with Crippen LogP contribution in [0.2, 0.25) is 0 Å². The largest absolute Gasteiger partial charge is 0.381 e. The van der Waals surface area contributed by atoms with Crippen molar-refractivity contribution in [2.75, 3.05) is 19.1 Å². The van der Waals surface area contributed by atoms with Gasteiger partial charge >= 0.3 is 0 Å². The van der Waals surface area contributed by atoms with Crippen molar-refractivity contribution in [3.63, 3.8) is 0 Å². The maximum atomic E-state index is 11.0. The Morgan fingerprint density at radius 1 is 1.50 bits per heavy atom. The molecule has 0 aromatic heterocycles. The number of hydrogen-bond acceptors (Lipinski definition) is 2. The van der Waals surface area contributed by atoms with Crippen LogP contribution >= 0.6 is 11.6 Å². The number of Topliss-reactive ketones (excluding diaryl/α,β-unsaturated/α-hetero) is 1. The average Bonchev–Trinajstić information content (AvgIpc) is 2.43. The van der Waals surface area contributed by atoms with Crippen molar-refractivity contribution in [1.82, 2.24) is 0 Å². The van der Waals surface area contributed by atoms with Crippen LogP contribution in [0.3, 0.4) is 0 Å². The van der Waals surface area contributed by atoms with Crippen molar-refractivity contribution in [3.05, 3.63) is 0 Å². The van der Waals surface area contributed by atoms with Gasteiger partial charge < -0.3 is 4.74 Å². The summed E-state index contributed by atoms with van der Waals surface area (Å²) in [6.07, 6.45) is 0. The van der Waals surface area contributed by atoms with Gasteiger partial charge in [0.2, 0.25) is 0 Å². The lowest BCUT2D eigenvalue weighted by atomic mass is 10.2. The van der Waals surface area contributed by atoms with Gasteiger partial charge in [0.05, 0.1) is 19.1 Å². The summed E-state index contributed by atoms with van der Waals surface area (Å²) in [5.41, 5.74) is 0. The summed E-state index contributed by atoms with van der Waals surface area (Å²) in [4.78, 5) is 11.0. The van der Waals surface area contributed by atoms with Crippen LogP contribution in [0.1, 0.15) is 0 Å². The molecule has 1 aliphatic carbocycles. The molecule has 0 aromatic rings. The number of ketones is 1. The normalized spacial score (nSPS) is 43.1. The molecule has 1 saturated heterocycles. The van der Waals surface area contributed by atoms with E-state index in [1.54, 1.807) is 0 Å². The van der Waals surface area contributed by atoms with Crippen molar-refractivity contribution < 1.29 is 9.53 Å². The highest BCUT2D eigenvalue weighted by Crippen LogP contribution is 2.51. The van der Waals surface area contributed by atoms with Crippen LogP contribution in [0.5, 0.6) is 0 Å². The fraction of sp³-hybridized carbons (Fsp3) is 0.857. The summed E-state index contributed by atoms with van der Waals surface area (Å²) < 4.78 is 5.14. The third-order valence-electron chi connectivity index (χ3n) is 2.46. The van der Waals surface area contributed by atoms with E-state index in [-0.39, 0.29) is 17.6 Å². The summed E-state index contributed by atoms with van der Waals surface area (Å²) in [5.74, 6) is 1.68. The number of hydrogen-bond donors (Lipinski definition) is 0. The van der Waals surface area contributed by atoms with E-state index in [0.29, 0.717) is 11.8 Å². The Morgan fingerprint density at radius 3 is 2.60 bits per heavy atom. The Bertz CT molecular complexity index is 159. The average molecular weight is 161 g/mol. The molecule has 0 amide bonds. The molecule has 2 nitrogen and oxygen atoms in total. The zero-order chi connectivity index (χ0) is 7.14. The minimum absolute atomic E-state index is 0.178. The lowest BCUT2D eigenvalue weighted by Crippen LogP contribution is -2.10. The molecule has 2 rings (SSSR count). The van der Waals surface area contributed by atoms with Gasteiger partial charge in [0, 0.05) is 5.92 Å². The number of carbonyl (C=O) groups is 1. The van der Waals surface area contributed by atoms with Gasteiger partial charge in [0.25, 0.3) is 0 Å². The Kier molecular flexibility index (Phi) is 1.46. The fourth-order valence-electron chi connectivity index (χ4n) is 1.81. The molecule has 10 heavy (non-hydrogen) atoms. The highest BCUT2D eigenvalue weighted by Gasteiger charge is 2.57. The number of alkyl halides is 1. The predicted octanol–water partition coefficient (Wildman–Crippen LogP) is 0.687. The van der Waals surface area contributed by atoms with Gasteiger partial charge in [-0.2, -0.15) is 0 Å². The van der Waals surface area contributed by atoms with Crippen LogP contribution in [0.15, 0.2) is 0 Å². The van der Waals surface area contributed by atoms with Gasteiger partial charge in [-0.25, -0.2) is 0 Å². The lowest BCUT2D eigenvalue weighted by molar-refractivity contribution is -0.119. The van der Waals surface area contributed by atoms with Gasteiger partial charge in [-0.15, -0.1) is 11.6 Å². The third kappa shape index (κ3) is 0.789. The molecule has 56 valence electrons. The molecule has 1 saturated carbocycles. The van der Waals surface area contributed by atoms with Gasteiger partial charge in [0.1, 0.15) is 0 Å². The first-order valence-electron chi connectivity index (χ1n) is 3.51. The van der Waals surface area contributed by atoms with E-state index in [0.717, 1.165) is 13.2 Å². The Balaban J connectivity index is 1.94. The molecule has 1 heterocycles. The summed E-state index contributed by atoms with van der Waals surface area (Å²) in [7, 11) is 0. The van der Waals surface area contributed by atoms with Gasteiger partial charge in [-0.05, 0) is 11.8 Å². The summed E-state index contributed by atoms with van der Waals surface area (Å²) >= 11 is 5.41. The molecule has 0 aromatic carbocycles. The molecule has 0 spiro atoms. The first-order valence-corrected chi connectivity index (χ1v) is 4.04. The number of carbonyl (C=O) groups excluding carboxylic acids is 1. The zero-order valence-electron chi connectivity index (χ0n) is 5.55. The molecule has 3 heteroatoms. The zero-order valence-corrected chi connectivity index (χ0v) is 6.30. The maximum Gasteiger partial charge on any atom is 0.151 e. The monoisotopic (exact) mass is 160 g/mol. The summed E-state index contributed by atoms with van der Waals surface area (Å²) in [6.45, 7) is 1.55. The van der Waals surface area contributed by atoms with Crippen LogP contribution in [0.25, 0.3) is 0 Å². The second-order valence-electron chi connectivity index (χ2n) is 2.99. The lowest BCUT2D eigenvalue weighted by Gasteiger charge is -1.98. The maximum absolute atomic E-state index is 11.0. The molecular weight excluding hydrogens is 152 g/mol. The summed E-state index contributed by atoms with van der Waals surface area (Å²) in [5, 5.41) is 0. The standard InChI is InChI=1S/C7H9ClO2/c8-1-6(9)7-4-2-10-3-5(4)7/h4-5,7H,1-3H2/t4-,5+,7?. The quantitative estimate of drug-likeness (QED) is 0.556. The molecule has 2 fully saturated rings. The Hall–Kier alpha value is -0.0800. The molecule has 1 aliphatic heterocycles. The highest BCUT2D eigenvalue weighted by atomic mass is 35.5. The Morgan fingerprint density at radius 2 is 2.10 bits per heavy atom. The predicted molar refractivity (Wildman–Crippen MR) is 37.0 cm³/mol. The summed E-state index contributed by atoms with van der Waals surface area (Å²) in [6, 6.07) is 0. The molecule has 2 aliphatic rings. The third-order valence-corrected chi connectivity index (χ3v) is 2.72. The van der Waals surface area contributed by atoms with E-state index in [9.17, 15) is 4.79 Å². The van der Waals surface area contributed by atoms with E-state index < -0.39 is 0 Å². The number of rotatable bonds is 2. The van der Waals surface area contributed by atoms with E-state index >= 15 is 0 Å². The van der Waals surface area contributed by atoms with E-state index in [1.807, 2.05) is 0 Å². The van der Waals surface area contributed by atoms with Crippen LogP contribution in [-0.4, -0.2) is 24.9 Å². The minimum atomic E-state index is 0.178. The first kappa shape index (κ1) is 6.62. The molecular formula is C7H9ClO2. The molecule has 0 bridgehead atoms. The van der Waals surface area contributed by atoms with E-state index in [4.69, 9.17) is 16.3 Å². The Labute approximate surface area is 64.5 Å². The van der Waals surface area contributed by atoms with Crippen molar-refractivity contribution in [3.8, 4) is 0 Å². The first-order chi connectivity index (χ1) is 4.84. The van der Waals surface area contributed by atoms with Gasteiger partial charge in [-0.1, -0.05) is 0 Å². The second-order valence-corrected chi connectivity index (χ2v) is 3.26. The highest BCUT2D eigenvalue weighted by molar-refractivity contribution is 6.28. The van der Waals surface area contributed by atoms with Crippen molar-refractivity contribution in [2.24, 2.45) is 17.8 Å². The molecule has 0 N–H and O–H groups in total. The molecule has 3 atom stereocenters. The van der Waals surface area contributed by atoms with Gasteiger partial charge in [0.15, 0.2) is 5.78 Å². The number of ether oxygens (including phenoxy) is 1. The minimum Gasteiger partial charge on any atom is -0.381 e. The van der Waals surface area contributed by atoms with Crippen molar-refractivity contribution >= 4 is 17.4 Å². The second kappa shape index (κ2) is 2.21. The fourth-order valence-corrected chi connectivity index (χ4v) is 1.98. The van der Waals surface area contributed by atoms with Crippen molar-refractivity contribution in [2.45, 2.75) is 0 Å². The van der Waals surface area contributed by atoms with E-state index in [2.05, 4.69) is 0 Å². The van der Waals surface area contributed by atoms with Crippen LogP contribution in [0, 0.1) is 17.8 Å². The SMILES string of the molecule is O=C(CCl)C1[C@H]2COC[C@@H]12. The van der Waals surface area contributed by atoms with Crippen LogP contribution < -0.4 is 0 Å². The molecule has 0 radical (unpaired) electrons. The smallest absolute Gasteiger partial charge is 0.151 e. The topological polar surface area (TPSA) is 26.3 Å². The number of halogens is 1. The number of fused-ring (bicyclic) bond motifs is 1. The van der Waals surface area contributed by atoms with Crippen LogP contribution in [-0.2, 0) is 9.53 Å². The van der Waals surface area contributed by atoms with Gasteiger partial charge in [-0.3, -0.25) is 4.79 Å². The van der Waals surface area contributed by atoms with Crippen molar-refractivity contribution in [1.29, 1.82) is 0 Å². The van der Waals surface area contributed by atoms with E-state index in [1.165, 1.54) is 0 Å². The van der Waals surface area contributed by atoms with Crippen LogP contribution in [0.4, 0.5) is 0 Å². The molecule has 1 unspecified atom stereocenters.